The number of carbonyl (C=O) groups excluding carboxylic acids is 1. The molecule has 0 radical (unpaired) electrons. The van der Waals surface area contributed by atoms with Crippen molar-refractivity contribution in [3.05, 3.63) is 96.7 Å². The van der Waals surface area contributed by atoms with Gasteiger partial charge in [0.25, 0.3) is 0 Å². The van der Waals surface area contributed by atoms with Crippen molar-refractivity contribution in [2.24, 2.45) is 4.99 Å². The van der Waals surface area contributed by atoms with Crippen LogP contribution in [-0.4, -0.2) is 18.5 Å². The van der Waals surface area contributed by atoms with Gasteiger partial charge in [-0.25, -0.2) is 9.79 Å². The number of ether oxygens (including phenoxy) is 3. The molecule has 0 saturated heterocycles. The van der Waals surface area contributed by atoms with Gasteiger partial charge in [0.05, 0.1) is 17.2 Å². The Labute approximate surface area is 215 Å². The minimum atomic E-state index is -0.562. The molecule has 3 aromatic carbocycles. The second-order valence-corrected chi connectivity index (χ2v) is 9.11. The number of hydrogen-bond acceptors (Lipinski definition) is 5. The van der Waals surface area contributed by atoms with E-state index in [2.05, 4.69) is 33.6 Å². The molecule has 8 heteroatoms. The quantitative estimate of drug-likeness (QED) is 0.169. The summed E-state index contributed by atoms with van der Waals surface area (Å²) in [5, 5.41) is 0.834. The Bertz CT molecular complexity index is 1270. The molecule has 0 amide bonds. The van der Waals surface area contributed by atoms with Crippen LogP contribution in [0, 0.1) is 3.57 Å². The molecule has 0 spiro atoms. The molecule has 1 aliphatic heterocycles. The van der Waals surface area contributed by atoms with Crippen LogP contribution in [0.25, 0.3) is 6.08 Å². The maximum atomic E-state index is 12.4. The van der Waals surface area contributed by atoms with Crippen molar-refractivity contribution in [3.8, 4) is 11.5 Å². The number of cyclic esters (lactones) is 1. The summed E-state index contributed by atoms with van der Waals surface area (Å²) in [4.78, 5) is 16.7. The Morgan fingerprint density at radius 2 is 1.88 bits per heavy atom. The third-order valence-electron chi connectivity index (χ3n) is 4.64. The average molecular weight is 594 g/mol. The van der Waals surface area contributed by atoms with Crippen molar-refractivity contribution < 1.29 is 19.0 Å². The van der Waals surface area contributed by atoms with E-state index in [0.717, 1.165) is 14.7 Å². The average Bonchev–Trinajstić information content (AvgIpc) is 3.13. The first-order valence-corrected chi connectivity index (χ1v) is 11.9. The van der Waals surface area contributed by atoms with Crippen LogP contribution in [0.2, 0.25) is 10.0 Å². The van der Waals surface area contributed by atoms with Crippen molar-refractivity contribution >= 4 is 63.7 Å². The zero-order chi connectivity index (χ0) is 23.4. The van der Waals surface area contributed by atoms with Crippen LogP contribution in [0.15, 0.2) is 71.4 Å². The van der Waals surface area contributed by atoms with Gasteiger partial charge >= 0.3 is 5.97 Å². The highest BCUT2D eigenvalue weighted by molar-refractivity contribution is 14.1. The van der Waals surface area contributed by atoms with Gasteiger partial charge in [-0.2, -0.15) is 0 Å². The molecule has 4 rings (SSSR count). The van der Waals surface area contributed by atoms with E-state index in [1.54, 1.807) is 30.3 Å². The van der Waals surface area contributed by atoms with Gasteiger partial charge < -0.3 is 14.2 Å². The van der Waals surface area contributed by atoms with E-state index in [-0.39, 0.29) is 11.6 Å². The van der Waals surface area contributed by atoms with Crippen LogP contribution >= 0.6 is 45.8 Å². The summed E-state index contributed by atoms with van der Waals surface area (Å²) in [6, 6.07) is 18.4. The molecule has 5 nitrogen and oxygen atoms in total. The van der Waals surface area contributed by atoms with E-state index in [4.69, 9.17) is 37.4 Å². The summed E-state index contributed by atoms with van der Waals surface area (Å²) in [5.74, 6) is 0.765. The lowest BCUT2D eigenvalue weighted by Gasteiger charge is -2.13. The van der Waals surface area contributed by atoms with Gasteiger partial charge in [0, 0.05) is 8.59 Å². The highest BCUT2D eigenvalue weighted by Crippen LogP contribution is 2.31. The van der Waals surface area contributed by atoms with Crippen molar-refractivity contribution in [3.63, 3.8) is 0 Å². The Morgan fingerprint density at radius 3 is 2.64 bits per heavy atom. The summed E-state index contributed by atoms with van der Waals surface area (Å²) in [6.07, 6.45) is 1.63. The Morgan fingerprint density at radius 1 is 1.03 bits per heavy atom. The monoisotopic (exact) mass is 593 g/mol. The van der Waals surface area contributed by atoms with Gasteiger partial charge in [-0.15, -0.1) is 0 Å². The van der Waals surface area contributed by atoms with E-state index < -0.39 is 5.97 Å². The summed E-state index contributed by atoms with van der Waals surface area (Å²) in [5.41, 5.74) is 2.43. The van der Waals surface area contributed by atoms with Crippen molar-refractivity contribution in [1.82, 2.24) is 0 Å². The molecule has 0 aliphatic carbocycles. The fourth-order valence-electron chi connectivity index (χ4n) is 3.13. The molecule has 0 aromatic heterocycles. The van der Waals surface area contributed by atoms with Crippen LogP contribution in [0.3, 0.4) is 0 Å². The van der Waals surface area contributed by atoms with Gasteiger partial charge in [0.2, 0.25) is 5.90 Å². The van der Waals surface area contributed by atoms with E-state index in [1.165, 1.54) is 0 Å². The van der Waals surface area contributed by atoms with Crippen molar-refractivity contribution in [1.29, 1.82) is 0 Å². The van der Waals surface area contributed by atoms with Crippen LogP contribution in [0.5, 0.6) is 11.5 Å². The zero-order valence-electron chi connectivity index (χ0n) is 17.5. The van der Waals surface area contributed by atoms with E-state index in [9.17, 15) is 4.79 Å². The lowest BCUT2D eigenvalue weighted by Crippen LogP contribution is -2.06. The molecule has 0 bridgehead atoms. The number of benzene rings is 3. The summed E-state index contributed by atoms with van der Waals surface area (Å²) in [6.45, 7) is 2.79. The summed E-state index contributed by atoms with van der Waals surface area (Å²) in [7, 11) is 0. The molecular weight excluding hydrogens is 576 g/mol. The number of esters is 1. The largest absolute Gasteiger partial charge is 0.490 e. The maximum Gasteiger partial charge on any atom is 0.363 e. The minimum absolute atomic E-state index is 0.135. The minimum Gasteiger partial charge on any atom is -0.490 e. The SMILES string of the molecule is CCOc1cc(/C=C2\N=C(c3ccc(Cl)cc3Cl)OC2=O)ccc1OCc1cccc(I)c1. The third-order valence-corrected chi connectivity index (χ3v) is 5.86. The summed E-state index contributed by atoms with van der Waals surface area (Å²) < 4.78 is 18.2. The number of nitrogens with zero attached hydrogens (tertiary/aromatic N) is 1. The normalized spacial score (nSPS) is 14.2. The standard InChI is InChI=1S/C25H18Cl2INO4/c1-2-31-23-12-15(6-9-22(23)32-14-16-4-3-5-18(28)10-16)11-21-25(30)33-24(29-21)19-8-7-17(26)13-20(19)27/h3-13H,2,14H2,1H3/b21-11-. The van der Waals surface area contributed by atoms with Gasteiger partial charge in [-0.1, -0.05) is 41.4 Å². The first kappa shape index (κ1) is 23.6. The first-order valence-electron chi connectivity index (χ1n) is 10.0. The predicted molar refractivity (Wildman–Crippen MR) is 138 cm³/mol. The molecule has 0 fully saturated rings. The number of carbonyl (C=O) groups is 1. The van der Waals surface area contributed by atoms with Crippen LogP contribution in [0.1, 0.15) is 23.6 Å². The number of rotatable bonds is 7. The predicted octanol–water partition coefficient (Wildman–Crippen LogP) is 6.92. The fraction of sp³-hybridized carbons (Fsp3) is 0.120. The zero-order valence-corrected chi connectivity index (χ0v) is 21.1. The third kappa shape index (κ3) is 5.88. The topological polar surface area (TPSA) is 57.1 Å². The van der Waals surface area contributed by atoms with Gasteiger partial charge in [-0.05, 0) is 89.2 Å². The molecule has 3 aromatic rings. The van der Waals surface area contributed by atoms with Gasteiger partial charge in [-0.3, -0.25) is 0 Å². The molecule has 168 valence electrons. The molecular formula is C25H18Cl2INO4. The van der Waals surface area contributed by atoms with Crippen molar-refractivity contribution in [2.75, 3.05) is 6.61 Å². The lowest BCUT2D eigenvalue weighted by molar-refractivity contribution is -0.129. The second kappa shape index (κ2) is 10.6. The Balaban J connectivity index is 1.57. The molecule has 0 N–H and O–H groups in total. The van der Waals surface area contributed by atoms with Crippen LogP contribution < -0.4 is 9.47 Å². The smallest absolute Gasteiger partial charge is 0.363 e. The van der Waals surface area contributed by atoms with E-state index in [0.29, 0.717) is 40.3 Å². The van der Waals surface area contributed by atoms with E-state index >= 15 is 0 Å². The van der Waals surface area contributed by atoms with E-state index in [1.807, 2.05) is 37.3 Å². The van der Waals surface area contributed by atoms with Crippen molar-refractivity contribution in [2.45, 2.75) is 13.5 Å². The molecule has 1 heterocycles. The molecule has 0 saturated carbocycles. The Kier molecular flexibility index (Phi) is 7.57. The first-order chi connectivity index (χ1) is 15.9. The summed E-state index contributed by atoms with van der Waals surface area (Å²) >= 11 is 14.4. The second-order valence-electron chi connectivity index (χ2n) is 7.02. The fourth-order valence-corrected chi connectivity index (χ4v) is 4.23. The highest BCUT2D eigenvalue weighted by atomic mass is 127. The number of halogens is 3. The lowest BCUT2D eigenvalue weighted by atomic mass is 10.1. The molecule has 0 atom stereocenters. The van der Waals surface area contributed by atoms with Crippen LogP contribution in [0.4, 0.5) is 0 Å². The molecule has 1 aliphatic rings. The van der Waals surface area contributed by atoms with Crippen LogP contribution in [-0.2, 0) is 16.1 Å². The molecule has 0 unspecified atom stereocenters. The van der Waals surface area contributed by atoms with Gasteiger partial charge in [0.15, 0.2) is 17.2 Å². The van der Waals surface area contributed by atoms with Gasteiger partial charge in [0.1, 0.15) is 6.61 Å². The maximum absolute atomic E-state index is 12.4. The highest BCUT2D eigenvalue weighted by Gasteiger charge is 2.25. The Hall–Kier alpha value is -2.55. The number of hydrogen-bond donors (Lipinski definition) is 0. The molecule has 33 heavy (non-hydrogen) atoms. The number of aliphatic imine (C=N–C) groups is 1.